The Balaban J connectivity index is 1.32. The van der Waals surface area contributed by atoms with Crippen LogP contribution in [0.25, 0.3) is 10.8 Å². The van der Waals surface area contributed by atoms with Crippen LogP contribution in [-0.2, 0) is 11.2 Å². The summed E-state index contributed by atoms with van der Waals surface area (Å²) in [4.78, 5) is 25.1. The Morgan fingerprint density at radius 1 is 0.771 bits per heavy atom. The minimum atomic E-state index is -0.500. The van der Waals surface area contributed by atoms with Crippen molar-refractivity contribution in [2.75, 3.05) is 13.2 Å². The maximum atomic E-state index is 12.8. The Bertz CT molecular complexity index is 1350. The Labute approximate surface area is 219 Å². The Morgan fingerprint density at radius 3 is 2.34 bits per heavy atom. The van der Waals surface area contributed by atoms with E-state index in [1.807, 2.05) is 60.7 Å². The molecular weight excluding hydrogens is 576 g/mol. The number of hydrogen-bond acceptors (Lipinski definition) is 4. The zero-order chi connectivity index (χ0) is 24.6. The predicted octanol–water partition coefficient (Wildman–Crippen LogP) is 5.83. The summed E-state index contributed by atoms with van der Waals surface area (Å²) in [7, 11) is 0. The fraction of sp³-hybridized carbons (Fsp3) is 0.111. The maximum Gasteiger partial charge on any atom is 0.276 e. The monoisotopic (exact) mass is 596 g/mol. The summed E-state index contributed by atoms with van der Waals surface area (Å²) >= 11 is 6.91. The lowest BCUT2D eigenvalue weighted by atomic mass is 10.1. The van der Waals surface area contributed by atoms with Gasteiger partial charge in [-0.15, -0.1) is 0 Å². The van der Waals surface area contributed by atoms with Gasteiger partial charge in [0.05, 0.1) is 16.6 Å². The molecule has 4 aromatic rings. The van der Waals surface area contributed by atoms with E-state index in [0.29, 0.717) is 34.6 Å². The normalized spacial score (nSPS) is 10.6. The number of rotatable bonds is 8. The van der Waals surface area contributed by atoms with Gasteiger partial charge in [-0.1, -0.05) is 76.6 Å². The van der Waals surface area contributed by atoms with Crippen LogP contribution in [0.15, 0.2) is 93.9 Å². The van der Waals surface area contributed by atoms with Crippen molar-refractivity contribution in [2.24, 2.45) is 0 Å². The van der Waals surface area contributed by atoms with Crippen LogP contribution in [-0.4, -0.2) is 25.0 Å². The molecule has 0 aliphatic carbocycles. The summed E-state index contributed by atoms with van der Waals surface area (Å²) in [5.74, 6) is -0.0420. The maximum absolute atomic E-state index is 12.8. The van der Waals surface area contributed by atoms with Crippen LogP contribution < -0.4 is 20.3 Å². The molecular formula is C27H22Br2N2O4. The van der Waals surface area contributed by atoms with E-state index in [4.69, 9.17) is 9.47 Å². The summed E-state index contributed by atoms with van der Waals surface area (Å²) in [5.41, 5.74) is 6.25. The molecule has 178 valence electrons. The second kappa shape index (κ2) is 11.9. The average Bonchev–Trinajstić information content (AvgIpc) is 2.88. The van der Waals surface area contributed by atoms with Gasteiger partial charge in [0.2, 0.25) is 0 Å². The van der Waals surface area contributed by atoms with Crippen molar-refractivity contribution >= 4 is 54.4 Å². The summed E-state index contributed by atoms with van der Waals surface area (Å²) in [6, 6.07) is 26.6. The van der Waals surface area contributed by atoms with E-state index in [9.17, 15) is 9.59 Å². The molecule has 4 aromatic carbocycles. The van der Waals surface area contributed by atoms with Gasteiger partial charge in [-0.05, 0) is 56.5 Å². The summed E-state index contributed by atoms with van der Waals surface area (Å²) in [5, 5.41) is 2.03. The van der Waals surface area contributed by atoms with Gasteiger partial charge in [0.15, 0.2) is 6.61 Å². The quantitative estimate of drug-likeness (QED) is 0.251. The fourth-order valence-corrected chi connectivity index (χ4v) is 4.40. The first-order chi connectivity index (χ1) is 17.0. The molecule has 0 saturated heterocycles. The van der Waals surface area contributed by atoms with Crippen LogP contribution >= 0.6 is 31.9 Å². The number of carbonyl (C=O) groups excluding carboxylic acids is 2. The van der Waals surface area contributed by atoms with Crippen molar-refractivity contribution in [3.8, 4) is 11.5 Å². The number of halogens is 2. The van der Waals surface area contributed by atoms with E-state index < -0.39 is 11.8 Å². The predicted molar refractivity (Wildman–Crippen MR) is 143 cm³/mol. The number of amides is 2. The van der Waals surface area contributed by atoms with Gasteiger partial charge < -0.3 is 9.47 Å². The number of benzene rings is 4. The van der Waals surface area contributed by atoms with Crippen molar-refractivity contribution in [2.45, 2.75) is 6.42 Å². The van der Waals surface area contributed by atoms with E-state index in [1.54, 1.807) is 24.3 Å². The first-order valence-electron chi connectivity index (χ1n) is 10.9. The van der Waals surface area contributed by atoms with Crippen LogP contribution in [0.1, 0.15) is 15.9 Å². The van der Waals surface area contributed by atoms with Gasteiger partial charge >= 0.3 is 0 Å². The number of hydrazine groups is 1. The molecule has 0 fully saturated rings. The third-order valence-electron chi connectivity index (χ3n) is 5.18. The number of fused-ring (bicyclic) bond motifs is 1. The molecule has 0 bridgehead atoms. The topological polar surface area (TPSA) is 76.7 Å². The summed E-state index contributed by atoms with van der Waals surface area (Å²) in [6.45, 7) is 0.142. The lowest BCUT2D eigenvalue weighted by Crippen LogP contribution is -2.44. The van der Waals surface area contributed by atoms with Crippen LogP contribution in [0, 0.1) is 0 Å². The molecule has 0 aliphatic heterocycles. The molecule has 0 unspecified atom stereocenters. The molecule has 0 heterocycles. The first-order valence-corrected chi connectivity index (χ1v) is 12.5. The highest BCUT2D eigenvalue weighted by Crippen LogP contribution is 2.33. The molecule has 0 spiro atoms. The minimum Gasteiger partial charge on any atom is -0.492 e. The molecule has 8 heteroatoms. The summed E-state index contributed by atoms with van der Waals surface area (Å²) < 4.78 is 13.0. The van der Waals surface area contributed by atoms with E-state index in [0.717, 1.165) is 20.8 Å². The van der Waals surface area contributed by atoms with E-state index in [1.165, 1.54) is 0 Å². The largest absolute Gasteiger partial charge is 0.492 e. The molecule has 2 amide bonds. The fourth-order valence-electron chi connectivity index (χ4n) is 3.43. The Hall–Kier alpha value is -3.36. The van der Waals surface area contributed by atoms with E-state index >= 15 is 0 Å². The van der Waals surface area contributed by atoms with Gasteiger partial charge in [-0.25, -0.2) is 0 Å². The standard InChI is InChI=1S/C27H22Br2N2O4/c28-20-11-13-23(34-15-14-18-6-2-1-3-7-18)22(16-20)27(33)31-30-25(32)17-35-24-12-10-19-8-4-5-9-21(19)26(24)29/h1-13,16H,14-15,17H2,(H,30,32)(H,31,33). The lowest BCUT2D eigenvalue weighted by molar-refractivity contribution is -0.123. The highest BCUT2D eigenvalue weighted by Gasteiger charge is 2.15. The number of carbonyl (C=O) groups is 2. The van der Waals surface area contributed by atoms with Gasteiger partial charge in [0.25, 0.3) is 11.8 Å². The third-order valence-corrected chi connectivity index (χ3v) is 6.49. The molecule has 0 atom stereocenters. The zero-order valence-electron chi connectivity index (χ0n) is 18.6. The Morgan fingerprint density at radius 2 is 1.51 bits per heavy atom. The molecule has 0 radical (unpaired) electrons. The van der Waals surface area contributed by atoms with Gasteiger partial charge in [0, 0.05) is 10.9 Å². The lowest BCUT2D eigenvalue weighted by Gasteiger charge is -2.14. The molecule has 0 aromatic heterocycles. The van der Waals surface area contributed by atoms with Crippen LogP contribution in [0.2, 0.25) is 0 Å². The number of hydrogen-bond donors (Lipinski definition) is 2. The highest BCUT2D eigenvalue weighted by molar-refractivity contribution is 9.11. The third kappa shape index (κ3) is 6.61. The van der Waals surface area contributed by atoms with Crippen molar-refractivity contribution in [1.29, 1.82) is 0 Å². The smallest absolute Gasteiger partial charge is 0.276 e. The van der Waals surface area contributed by atoms with Crippen LogP contribution in [0.4, 0.5) is 0 Å². The highest BCUT2D eigenvalue weighted by atomic mass is 79.9. The van der Waals surface area contributed by atoms with Crippen molar-refractivity contribution in [3.63, 3.8) is 0 Å². The van der Waals surface area contributed by atoms with Gasteiger partial charge in [0.1, 0.15) is 11.5 Å². The van der Waals surface area contributed by atoms with E-state index in [2.05, 4.69) is 42.7 Å². The second-order valence-electron chi connectivity index (χ2n) is 7.61. The van der Waals surface area contributed by atoms with Crippen molar-refractivity contribution < 1.29 is 19.1 Å². The molecule has 4 rings (SSSR count). The number of ether oxygens (including phenoxy) is 2. The van der Waals surface area contributed by atoms with Crippen LogP contribution in [0.5, 0.6) is 11.5 Å². The molecule has 2 N–H and O–H groups in total. The van der Waals surface area contributed by atoms with Crippen molar-refractivity contribution in [3.05, 3.63) is 105 Å². The van der Waals surface area contributed by atoms with Gasteiger partial charge in [-0.3, -0.25) is 20.4 Å². The van der Waals surface area contributed by atoms with Crippen LogP contribution in [0.3, 0.4) is 0 Å². The average molecular weight is 598 g/mol. The van der Waals surface area contributed by atoms with Gasteiger partial charge in [-0.2, -0.15) is 0 Å². The Kier molecular flexibility index (Phi) is 8.39. The van der Waals surface area contributed by atoms with Crippen molar-refractivity contribution in [1.82, 2.24) is 10.9 Å². The SMILES string of the molecule is O=C(COc1ccc2ccccc2c1Br)NNC(=O)c1cc(Br)ccc1OCCc1ccccc1. The van der Waals surface area contributed by atoms with E-state index in [-0.39, 0.29) is 6.61 Å². The molecule has 35 heavy (non-hydrogen) atoms. The number of nitrogens with one attached hydrogen (secondary N) is 2. The first kappa shape index (κ1) is 24.8. The molecule has 0 saturated carbocycles. The minimum absolute atomic E-state index is 0.268. The zero-order valence-corrected chi connectivity index (χ0v) is 21.8. The molecule has 6 nitrogen and oxygen atoms in total. The second-order valence-corrected chi connectivity index (χ2v) is 9.32. The summed E-state index contributed by atoms with van der Waals surface area (Å²) in [6.07, 6.45) is 0.705. The molecule has 0 aliphatic rings.